The van der Waals surface area contributed by atoms with Gasteiger partial charge in [0.05, 0.1) is 10.4 Å². The van der Waals surface area contributed by atoms with E-state index in [-0.39, 0.29) is 16.8 Å². The molecule has 3 N–H and O–H groups in total. The topological polar surface area (TPSA) is 75.4 Å². The highest BCUT2D eigenvalue weighted by molar-refractivity contribution is 7.80. The van der Waals surface area contributed by atoms with Crippen molar-refractivity contribution in [2.75, 3.05) is 19.6 Å². The van der Waals surface area contributed by atoms with Gasteiger partial charge in [0.1, 0.15) is 0 Å². The van der Waals surface area contributed by atoms with Crippen molar-refractivity contribution in [3.05, 3.63) is 0 Å². The van der Waals surface area contributed by atoms with Crippen molar-refractivity contribution < 1.29 is 9.59 Å². The Morgan fingerprint density at radius 3 is 2.24 bits per heavy atom. The highest BCUT2D eigenvalue weighted by atomic mass is 32.1. The van der Waals surface area contributed by atoms with Crippen molar-refractivity contribution in [3.8, 4) is 0 Å². The molecule has 21 heavy (non-hydrogen) atoms. The first-order chi connectivity index (χ1) is 9.97. The van der Waals surface area contributed by atoms with Gasteiger partial charge in [0, 0.05) is 26.1 Å². The quantitative estimate of drug-likeness (QED) is 0.700. The standard InChI is InChI=1S/C15H27N3O2S/c1-3-18(4-2)12(19)8-11-17-14(20)15(13(16)21)9-6-5-7-10-15/h3-11H2,1-2H3,(H2,16,21)(H,17,20). The Morgan fingerprint density at radius 2 is 1.76 bits per heavy atom. The second kappa shape index (κ2) is 8.32. The molecule has 2 amide bonds. The fourth-order valence-electron chi connectivity index (χ4n) is 2.93. The van der Waals surface area contributed by atoms with E-state index in [0.29, 0.717) is 26.1 Å². The Balaban J connectivity index is 2.52. The number of thiocarbonyl (C=S) groups is 1. The number of rotatable bonds is 7. The molecule has 0 aromatic heterocycles. The Kier molecular flexibility index (Phi) is 7.08. The van der Waals surface area contributed by atoms with E-state index in [2.05, 4.69) is 5.32 Å². The zero-order valence-corrected chi connectivity index (χ0v) is 13.9. The average molecular weight is 313 g/mol. The Bertz CT molecular complexity index is 388. The molecule has 1 fully saturated rings. The summed E-state index contributed by atoms with van der Waals surface area (Å²) in [6.07, 6.45) is 4.83. The van der Waals surface area contributed by atoms with E-state index in [4.69, 9.17) is 18.0 Å². The molecule has 0 saturated heterocycles. The molecule has 0 unspecified atom stereocenters. The van der Waals surface area contributed by atoms with E-state index < -0.39 is 5.41 Å². The van der Waals surface area contributed by atoms with Crippen molar-refractivity contribution in [1.29, 1.82) is 0 Å². The molecule has 0 spiro atoms. The largest absolute Gasteiger partial charge is 0.392 e. The van der Waals surface area contributed by atoms with Crippen molar-refractivity contribution in [1.82, 2.24) is 10.2 Å². The molecule has 1 saturated carbocycles. The Morgan fingerprint density at radius 1 is 1.19 bits per heavy atom. The zero-order valence-electron chi connectivity index (χ0n) is 13.1. The predicted molar refractivity (Wildman–Crippen MR) is 87.9 cm³/mol. The van der Waals surface area contributed by atoms with Crippen LogP contribution in [-0.2, 0) is 9.59 Å². The van der Waals surface area contributed by atoms with Gasteiger partial charge in [0.25, 0.3) is 0 Å². The molecule has 6 heteroatoms. The molecular formula is C15H27N3O2S. The molecule has 1 aliphatic rings. The summed E-state index contributed by atoms with van der Waals surface area (Å²) in [6.45, 7) is 5.63. The molecule has 0 aromatic carbocycles. The lowest BCUT2D eigenvalue weighted by Crippen LogP contribution is -2.50. The number of amides is 2. The minimum Gasteiger partial charge on any atom is -0.392 e. The maximum atomic E-state index is 12.4. The fourth-order valence-corrected chi connectivity index (χ4v) is 3.22. The molecule has 0 radical (unpaired) electrons. The molecule has 0 aliphatic heterocycles. The summed E-state index contributed by atoms with van der Waals surface area (Å²) >= 11 is 5.13. The van der Waals surface area contributed by atoms with Crippen molar-refractivity contribution in [2.24, 2.45) is 11.1 Å². The highest BCUT2D eigenvalue weighted by Crippen LogP contribution is 2.36. The van der Waals surface area contributed by atoms with Crippen LogP contribution in [0.5, 0.6) is 0 Å². The van der Waals surface area contributed by atoms with Gasteiger partial charge in [0.2, 0.25) is 11.8 Å². The monoisotopic (exact) mass is 313 g/mol. The van der Waals surface area contributed by atoms with E-state index >= 15 is 0 Å². The van der Waals surface area contributed by atoms with Crippen molar-refractivity contribution in [3.63, 3.8) is 0 Å². The van der Waals surface area contributed by atoms with Crippen molar-refractivity contribution in [2.45, 2.75) is 52.4 Å². The summed E-state index contributed by atoms with van der Waals surface area (Å²) < 4.78 is 0. The molecule has 120 valence electrons. The van der Waals surface area contributed by atoms with E-state index in [9.17, 15) is 9.59 Å². The molecule has 0 bridgehead atoms. The molecule has 0 aromatic rings. The molecule has 0 atom stereocenters. The Labute approximate surface area is 132 Å². The lowest BCUT2D eigenvalue weighted by Gasteiger charge is -2.34. The van der Waals surface area contributed by atoms with Crippen LogP contribution in [-0.4, -0.2) is 41.3 Å². The molecule has 0 heterocycles. The third-order valence-corrected chi connectivity index (χ3v) is 4.74. The number of hydrogen-bond donors (Lipinski definition) is 2. The van der Waals surface area contributed by atoms with E-state index in [1.807, 2.05) is 13.8 Å². The van der Waals surface area contributed by atoms with Gasteiger partial charge in [-0.25, -0.2) is 0 Å². The van der Waals surface area contributed by atoms with Crippen LogP contribution in [0.4, 0.5) is 0 Å². The van der Waals surface area contributed by atoms with Crippen LogP contribution < -0.4 is 11.1 Å². The first-order valence-electron chi connectivity index (χ1n) is 7.84. The number of nitrogens with two attached hydrogens (primary N) is 1. The first kappa shape index (κ1) is 17.9. The first-order valence-corrected chi connectivity index (χ1v) is 8.24. The number of nitrogens with zero attached hydrogens (tertiary/aromatic N) is 1. The van der Waals surface area contributed by atoms with Gasteiger partial charge in [0.15, 0.2) is 0 Å². The fraction of sp³-hybridized carbons (Fsp3) is 0.800. The third-order valence-electron chi connectivity index (χ3n) is 4.35. The smallest absolute Gasteiger partial charge is 0.233 e. The summed E-state index contributed by atoms with van der Waals surface area (Å²) in [7, 11) is 0. The number of nitrogens with one attached hydrogen (secondary N) is 1. The van der Waals surface area contributed by atoms with E-state index in [1.54, 1.807) is 4.90 Å². The van der Waals surface area contributed by atoms with Gasteiger partial charge < -0.3 is 16.0 Å². The van der Waals surface area contributed by atoms with Crippen LogP contribution in [0.15, 0.2) is 0 Å². The molecule has 1 rings (SSSR count). The highest BCUT2D eigenvalue weighted by Gasteiger charge is 2.42. The minimum absolute atomic E-state index is 0.0633. The summed E-state index contributed by atoms with van der Waals surface area (Å²) in [5.74, 6) is -0.0460. The van der Waals surface area contributed by atoms with Crippen LogP contribution >= 0.6 is 12.2 Å². The molecular weight excluding hydrogens is 286 g/mol. The maximum absolute atomic E-state index is 12.4. The van der Waals surface area contributed by atoms with Gasteiger partial charge in [-0.05, 0) is 26.7 Å². The van der Waals surface area contributed by atoms with Crippen LogP contribution in [0, 0.1) is 5.41 Å². The van der Waals surface area contributed by atoms with E-state index in [0.717, 1.165) is 32.1 Å². The second-order valence-electron chi connectivity index (χ2n) is 5.58. The zero-order chi connectivity index (χ0) is 15.9. The van der Waals surface area contributed by atoms with Gasteiger partial charge in [-0.3, -0.25) is 9.59 Å². The summed E-state index contributed by atoms with van der Waals surface area (Å²) in [6, 6.07) is 0. The van der Waals surface area contributed by atoms with Crippen LogP contribution in [0.2, 0.25) is 0 Å². The lowest BCUT2D eigenvalue weighted by atomic mass is 9.73. The second-order valence-corrected chi connectivity index (χ2v) is 6.02. The SMILES string of the molecule is CCN(CC)C(=O)CCNC(=O)C1(C(N)=S)CCCCC1. The number of carbonyl (C=O) groups excluding carboxylic acids is 2. The summed E-state index contributed by atoms with van der Waals surface area (Å²) in [5, 5.41) is 2.85. The lowest BCUT2D eigenvalue weighted by molar-refractivity contribution is -0.131. The predicted octanol–water partition coefficient (Wildman–Crippen LogP) is 1.60. The van der Waals surface area contributed by atoms with Gasteiger partial charge in [-0.15, -0.1) is 0 Å². The normalized spacial score (nSPS) is 17.0. The van der Waals surface area contributed by atoms with Gasteiger partial charge >= 0.3 is 0 Å². The van der Waals surface area contributed by atoms with Crippen LogP contribution in [0.25, 0.3) is 0 Å². The van der Waals surface area contributed by atoms with Crippen LogP contribution in [0.3, 0.4) is 0 Å². The number of hydrogen-bond acceptors (Lipinski definition) is 3. The summed E-state index contributed by atoms with van der Waals surface area (Å²) in [5.41, 5.74) is 5.12. The molecule has 5 nitrogen and oxygen atoms in total. The van der Waals surface area contributed by atoms with E-state index in [1.165, 1.54) is 0 Å². The van der Waals surface area contributed by atoms with Crippen molar-refractivity contribution >= 4 is 29.0 Å². The molecule has 1 aliphatic carbocycles. The summed E-state index contributed by atoms with van der Waals surface area (Å²) in [4.78, 5) is 26.4. The minimum atomic E-state index is -0.703. The number of carbonyl (C=O) groups is 2. The average Bonchev–Trinajstić information content (AvgIpc) is 2.48. The van der Waals surface area contributed by atoms with Gasteiger partial charge in [-0.1, -0.05) is 31.5 Å². The van der Waals surface area contributed by atoms with Crippen LogP contribution in [0.1, 0.15) is 52.4 Å². The third kappa shape index (κ3) is 4.40. The Hall–Kier alpha value is -1.17. The maximum Gasteiger partial charge on any atom is 0.233 e. The van der Waals surface area contributed by atoms with Gasteiger partial charge in [-0.2, -0.15) is 0 Å².